The molecule has 0 fully saturated rings. The Morgan fingerprint density at radius 2 is 1.96 bits per heavy atom. The van der Waals surface area contributed by atoms with Crippen LogP contribution in [0.3, 0.4) is 0 Å². The molecule has 26 heavy (non-hydrogen) atoms. The lowest BCUT2D eigenvalue weighted by atomic mass is 10.0. The summed E-state index contributed by atoms with van der Waals surface area (Å²) in [6.45, 7) is 1.79. The van der Waals surface area contributed by atoms with Crippen LogP contribution in [-0.4, -0.2) is 40.7 Å². The number of carboxylic acids is 1. The fourth-order valence-corrected chi connectivity index (χ4v) is 2.04. The number of nitrogens with zero attached hydrogens (tertiary/aromatic N) is 1. The summed E-state index contributed by atoms with van der Waals surface area (Å²) in [4.78, 5) is 33.6. The lowest BCUT2D eigenvalue weighted by Gasteiger charge is -2.17. The first-order valence-electron chi connectivity index (χ1n) is 7.42. The van der Waals surface area contributed by atoms with E-state index in [-0.39, 0.29) is 12.3 Å². The molecule has 0 aliphatic carbocycles. The van der Waals surface area contributed by atoms with Gasteiger partial charge in [0.2, 0.25) is 0 Å². The van der Waals surface area contributed by atoms with Gasteiger partial charge in [0.05, 0.1) is 4.92 Å². The van der Waals surface area contributed by atoms with Crippen LogP contribution < -0.4 is 10.1 Å². The number of halogens is 3. The van der Waals surface area contributed by atoms with E-state index < -0.39 is 52.6 Å². The van der Waals surface area contributed by atoms with Crippen molar-refractivity contribution in [1.29, 1.82) is 0 Å². The third kappa shape index (κ3) is 6.57. The van der Waals surface area contributed by atoms with Gasteiger partial charge in [0.1, 0.15) is 17.4 Å². The zero-order chi connectivity index (χ0) is 20.1. The smallest absolute Gasteiger partial charge is 0.422 e. The molecular weight excluding hydrogens is 361 g/mol. The minimum absolute atomic E-state index is 0.0686. The van der Waals surface area contributed by atoms with E-state index in [1.165, 1.54) is 0 Å². The maximum Gasteiger partial charge on any atom is 0.422 e. The van der Waals surface area contributed by atoms with Crippen molar-refractivity contribution in [2.45, 2.75) is 32.5 Å². The van der Waals surface area contributed by atoms with Gasteiger partial charge in [-0.25, -0.2) is 4.79 Å². The van der Waals surface area contributed by atoms with Gasteiger partial charge in [-0.1, -0.05) is 13.8 Å². The van der Waals surface area contributed by atoms with E-state index >= 15 is 0 Å². The number of hydrogen-bond acceptors (Lipinski definition) is 5. The number of benzene rings is 1. The summed E-state index contributed by atoms with van der Waals surface area (Å²) in [6.07, 6.45) is -4.56. The molecule has 2 N–H and O–H groups in total. The lowest BCUT2D eigenvalue weighted by molar-refractivity contribution is -0.385. The van der Waals surface area contributed by atoms with Gasteiger partial charge in [0.25, 0.3) is 11.6 Å². The quantitative estimate of drug-likeness (QED) is 0.530. The molecule has 0 spiro atoms. The summed E-state index contributed by atoms with van der Waals surface area (Å²) in [5.74, 6) is -2.93. The Balaban J connectivity index is 3.11. The number of alkyl halides is 3. The minimum Gasteiger partial charge on any atom is -0.484 e. The number of hydrogen-bond donors (Lipinski definition) is 2. The largest absolute Gasteiger partial charge is 0.484 e. The Bertz CT molecular complexity index is 690. The van der Waals surface area contributed by atoms with Crippen molar-refractivity contribution in [3.05, 3.63) is 33.9 Å². The SMILES string of the molecule is CC(C)C[C@@H](NC(=O)c1cc(OCC(F)(F)F)ccc1[N+](=O)[O-])C(=O)O. The van der Waals surface area contributed by atoms with Crippen LogP contribution in [0.1, 0.15) is 30.6 Å². The number of aliphatic carboxylic acids is 1. The number of amides is 1. The Hall–Kier alpha value is -2.85. The third-order valence-electron chi connectivity index (χ3n) is 3.12. The average molecular weight is 378 g/mol. The number of nitro benzene ring substituents is 1. The topological polar surface area (TPSA) is 119 Å². The highest BCUT2D eigenvalue weighted by Crippen LogP contribution is 2.26. The molecule has 1 aromatic rings. The second-order valence-electron chi connectivity index (χ2n) is 5.83. The molecule has 0 unspecified atom stereocenters. The van der Waals surface area contributed by atoms with Gasteiger partial charge in [0, 0.05) is 6.07 Å². The van der Waals surface area contributed by atoms with Crippen LogP contribution in [0.25, 0.3) is 0 Å². The van der Waals surface area contributed by atoms with Crippen LogP contribution in [0, 0.1) is 16.0 Å². The van der Waals surface area contributed by atoms with Crippen molar-refractivity contribution in [2.75, 3.05) is 6.61 Å². The van der Waals surface area contributed by atoms with Crippen LogP contribution in [0.15, 0.2) is 18.2 Å². The zero-order valence-corrected chi connectivity index (χ0v) is 13.9. The molecule has 0 aromatic heterocycles. The number of rotatable bonds is 8. The molecule has 0 saturated heterocycles. The van der Waals surface area contributed by atoms with Gasteiger partial charge >= 0.3 is 12.1 Å². The van der Waals surface area contributed by atoms with Crippen molar-refractivity contribution >= 4 is 17.6 Å². The van der Waals surface area contributed by atoms with Crippen molar-refractivity contribution in [3.63, 3.8) is 0 Å². The number of carboxylic acid groups (broad SMARTS) is 1. The molecule has 1 amide bonds. The second-order valence-corrected chi connectivity index (χ2v) is 5.83. The maximum atomic E-state index is 12.3. The van der Waals surface area contributed by atoms with Gasteiger partial charge in [-0.05, 0) is 24.5 Å². The molecule has 0 radical (unpaired) electrons. The highest BCUT2D eigenvalue weighted by molar-refractivity contribution is 6.00. The Labute approximate surface area is 146 Å². The van der Waals surface area contributed by atoms with E-state index in [4.69, 9.17) is 5.11 Å². The molecule has 0 aliphatic rings. The van der Waals surface area contributed by atoms with Gasteiger partial charge in [0.15, 0.2) is 6.61 Å². The Kier molecular flexibility index (Phi) is 6.93. The van der Waals surface area contributed by atoms with E-state index in [2.05, 4.69) is 10.1 Å². The standard InChI is InChI=1S/C15H17F3N2O6/c1-8(2)5-11(14(22)23)19-13(21)10-6-9(26-7-15(16,17)18)3-4-12(10)20(24)25/h3-4,6,8,11H,5,7H2,1-2H3,(H,19,21)(H,22,23)/t11-/m1/s1. The van der Waals surface area contributed by atoms with E-state index in [9.17, 15) is 32.9 Å². The summed E-state index contributed by atoms with van der Waals surface area (Å²) < 4.78 is 41.1. The van der Waals surface area contributed by atoms with Gasteiger partial charge < -0.3 is 15.2 Å². The number of carbonyl (C=O) groups is 2. The lowest BCUT2D eigenvalue weighted by Crippen LogP contribution is -2.41. The molecule has 0 bridgehead atoms. The number of ether oxygens (including phenoxy) is 1. The fraction of sp³-hybridized carbons (Fsp3) is 0.467. The molecule has 0 saturated carbocycles. The molecule has 11 heteroatoms. The van der Waals surface area contributed by atoms with E-state index in [1.54, 1.807) is 13.8 Å². The average Bonchev–Trinajstić information content (AvgIpc) is 2.50. The Morgan fingerprint density at radius 3 is 2.42 bits per heavy atom. The zero-order valence-electron chi connectivity index (χ0n) is 13.9. The van der Waals surface area contributed by atoms with Crippen LogP contribution in [0.4, 0.5) is 18.9 Å². The molecule has 0 aliphatic heterocycles. The van der Waals surface area contributed by atoms with Gasteiger partial charge in [-0.15, -0.1) is 0 Å². The van der Waals surface area contributed by atoms with Crippen molar-refractivity contribution in [3.8, 4) is 5.75 Å². The van der Waals surface area contributed by atoms with Crippen LogP contribution in [-0.2, 0) is 4.79 Å². The van der Waals surface area contributed by atoms with E-state index in [0.717, 1.165) is 18.2 Å². The van der Waals surface area contributed by atoms with Crippen molar-refractivity contribution in [2.24, 2.45) is 5.92 Å². The van der Waals surface area contributed by atoms with Gasteiger partial charge in [-0.3, -0.25) is 14.9 Å². The van der Waals surface area contributed by atoms with E-state index in [0.29, 0.717) is 0 Å². The van der Waals surface area contributed by atoms with Crippen molar-refractivity contribution in [1.82, 2.24) is 5.32 Å². The third-order valence-corrected chi connectivity index (χ3v) is 3.12. The summed E-state index contributed by atoms with van der Waals surface area (Å²) in [5.41, 5.74) is -1.28. The van der Waals surface area contributed by atoms with Crippen LogP contribution in [0.5, 0.6) is 5.75 Å². The summed E-state index contributed by atoms with van der Waals surface area (Å²) >= 11 is 0. The highest BCUT2D eigenvalue weighted by atomic mass is 19.4. The normalized spacial score (nSPS) is 12.5. The first kappa shape index (κ1) is 21.2. The molecular formula is C15H17F3N2O6. The maximum absolute atomic E-state index is 12.3. The first-order chi connectivity index (χ1) is 11.9. The molecule has 1 aromatic carbocycles. The van der Waals surface area contributed by atoms with Crippen LogP contribution in [0.2, 0.25) is 0 Å². The number of nitrogens with one attached hydrogen (secondary N) is 1. The first-order valence-corrected chi connectivity index (χ1v) is 7.42. The highest BCUT2D eigenvalue weighted by Gasteiger charge is 2.30. The predicted molar refractivity (Wildman–Crippen MR) is 83.0 cm³/mol. The van der Waals surface area contributed by atoms with Crippen LogP contribution >= 0.6 is 0 Å². The number of carbonyl (C=O) groups excluding carboxylic acids is 1. The van der Waals surface area contributed by atoms with E-state index in [1.807, 2.05) is 0 Å². The minimum atomic E-state index is -4.63. The van der Waals surface area contributed by atoms with Gasteiger partial charge in [-0.2, -0.15) is 13.2 Å². The second kappa shape index (κ2) is 8.50. The molecule has 144 valence electrons. The van der Waals surface area contributed by atoms with Crippen molar-refractivity contribution < 1.29 is 37.5 Å². The fourth-order valence-electron chi connectivity index (χ4n) is 2.04. The molecule has 0 heterocycles. The summed E-state index contributed by atoms with van der Waals surface area (Å²) in [6, 6.07) is 1.21. The number of nitro groups is 1. The molecule has 8 nitrogen and oxygen atoms in total. The molecule has 1 atom stereocenters. The summed E-state index contributed by atoms with van der Waals surface area (Å²) in [7, 11) is 0. The molecule has 1 rings (SSSR count). The predicted octanol–water partition coefficient (Wildman–Crippen LogP) is 2.77. The summed E-state index contributed by atoms with van der Waals surface area (Å²) in [5, 5.41) is 22.3. The Morgan fingerprint density at radius 1 is 1.35 bits per heavy atom. The monoisotopic (exact) mass is 378 g/mol.